The van der Waals surface area contributed by atoms with Crippen LogP contribution in [0.5, 0.6) is 0 Å². The molecule has 3 aliphatic rings. The molecular formula is C21H27ClN2O3. The van der Waals surface area contributed by atoms with Crippen molar-refractivity contribution < 1.29 is 14.3 Å². The molecule has 0 bridgehead atoms. The molecule has 0 N–H and O–H groups in total. The van der Waals surface area contributed by atoms with Crippen LogP contribution in [-0.2, 0) is 9.53 Å². The minimum absolute atomic E-state index is 0.0521. The fourth-order valence-corrected chi connectivity index (χ4v) is 4.41. The zero-order valence-electron chi connectivity index (χ0n) is 15.6. The molecule has 0 unspecified atom stereocenters. The van der Waals surface area contributed by atoms with Crippen LogP contribution in [0.25, 0.3) is 0 Å². The number of carbonyl (C=O) groups excluding carboxylic acids is 2. The van der Waals surface area contributed by atoms with E-state index in [2.05, 4.69) is 4.90 Å². The standard InChI is InChI=1S/C21H27ClN2O3/c22-17-5-3-15(4-6-17)20(25)23-11-7-18(8-12-23)24(21(26)16-1-2-16)19-9-13-27-14-10-19/h3-6,16,18-19H,1-2,7-14H2. The SMILES string of the molecule is O=C(c1ccc(Cl)cc1)N1CCC(N(C(=O)C2CC2)C2CCOCC2)CC1. The zero-order valence-corrected chi connectivity index (χ0v) is 16.4. The summed E-state index contributed by atoms with van der Waals surface area (Å²) in [5.74, 6) is 0.627. The van der Waals surface area contributed by atoms with Gasteiger partial charge in [0.25, 0.3) is 5.91 Å². The first-order chi connectivity index (χ1) is 13.1. The summed E-state index contributed by atoms with van der Waals surface area (Å²) in [6.45, 7) is 2.88. The van der Waals surface area contributed by atoms with Gasteiger partial charge in [-0.15, -0.1) is 0 Å². The Balaban J connectivity index is 1.40. The van der Waals surface area contributed by atoms with E-state index >= 15 is 0 Å². The second kappa shape index (κ2) is 8.19. The summed E-state index contributed by atoms with van der Waals surface area (Å²) < 4.78 is 5.50. The summed E-state index contributed by atoms with van der Waals surface area (Å²) in [7, 11) is 0. The molecule has 1 aliphatic carbocycles. The van der Waals surface area contributed by atoms with Gasteiger partial charge in [0.1, 0.15) is 0 Å². The number of halogens is 1. The van der Waals surface area contributed by atoms with E-state index in [1.165, 1.54) is 0 Å². The summed E-state index contributed by atoms with van der Waals surface area (Å²) in [4.78, 5) is 29.8. The molecule has 27 heavy (non-hydrogen) atoms. The molecule has 2 amide bonds. The van der Waals surface area contributed by atoms with Crippen LogP contribution in [0.1, 0.15) is 48.9 Å². The number of rotatable bonds is 4. The highest BCUT2D eigenvalue weighted by molar-refractivity contribution is 6.30. The summed E-state index contributed by atoms with van der Waals surface area (Å²) in [5, 5.41) is 0.635. The number of hydrogen-bond donors (Lipinski definition) is 0. The van der Waals surface area contributed by atoms with E-state index in [1.54, 1.807) is 24.3 Å². The molecule has 1 aromatic carbocycles. The predicted molar refractivity (Wildman–Crippen MR) is 104 cm³/mol. The van der Waals surface area contributed by atoms with Crippen LogP contribution in [0.15, 0.2) is 24.3 Å². The van der Waals surface area contributed by atoms with Crippen molar-refractivity contribution in [3.8, 4) is 0 Å². The largest absolute Gasteiger partial charge is 0.381 e. The number of hydrogen-bond acceptors (Lipinski definition) is 3. The van der Waals surface area contributed by atoms with Gasteiger partial charge in [-0.25, -0.2) is 0 Å². The van der Waals surface area contributed by atoms with Gasteiger partial charge in [0.2, 0.25) is 5.91 Å². The molecular weight excluding hydrogens is 364 g/mol. The van der Waals surface area contributed by atoms with Gasteiger partial charge in [-0.3, -0.25) is 9.59 Å². The summed E-state index contributed by atoms with van der Waals surface area (Å²) in [6, 6.07) is 7.61. The minimum atomic E-state index is 0.0521. The summed E-state index contributed by atoms with van der Waals surface area (Å²) in [5.41, 5.74) is 0.674. The Morgan fingerprint density at radius 2 is 1.52 bits per heavy atom. The molecule has 4 rings (SSSR count). The van der Waals surface area contributed by atoms with Gasteiger partial charge in [0.15, 0.2) is 0 Å². The average molecular weight is 391 g/mol. The molecule has 1 saturated carbocycles. The van der Waals surface area contributed by atoms with Gasteiger partial charge in [0.05, 0.1) is 0 Å². The smallest absolute Gasteiger partial charge is 0.253 e. The second-order valence-electron chi connectivity index (χ2n) is 7.89. The van der Waals surface area contributed by atoms with Crippen LogP contribution in [0.2, 0.25) is 5.02 Å². The lowest BCUT2D eigenvalue weighted by Gasteiger charge is -2.44. The van der Waals surface area contributed by atoms with Crippen LogP contribution in [0, 0.1) is 5.92 Å². The van der Waals surface area contributed by atoms with Crippen molar-refractivity contribution in [2.75, 3.05) is 26.3 Å². The first-order valence-electron chi connectivity index (χ1n) is 10.1. The van der Waals surface area contributed by atoms with Crippen LogP contribution in [-0.4, -0.2) is 60.0 Å². The lowest BCUT2D eigenvalue weighted by Crippen LogP contribution is -2.54. The number of ether oxygens (including phenoxy) is 1. The maximum atomic E-state index is 13.0. The number of piperidine rings is 1. The highest BCUT2D eigenvalue weighted by Gasteiger charge is 2.41. The first kappa shape index (κ1) is 18.8. The minimum Gasteiger partial charge on any atom is -0.381 e. The van der Waals surface area contributed by atoms with Crippen molar-refractivity contribution in [2.45, 2.75) is 50.6 Å². The third-order valence-electron chi connectivity index (χ3n) is 6.00. The number of benzene rings is 1. The van der Waals surface area contributed by atoms with E-state index < -0.39 is 0 Å². The molecule has 0 aromatic heterocycles. The van der Waals surface area contributed by atoms with Crippen molar-refractivity contribution in [1.29, 1.82) is 0 Å². The number of likely N-dealkylation sites (tertiary alicyclic amines) is 1. The topological polar surface area (TPSA) is 49.9 Å². The Kier molecular flexibility index (Phi) is 5.69. The second-order valence-corrected chi connectivity index (χ2v) is 8.33. The molecule has 2 saturated heterocycles. The van der Waals surface area contributed by atoms with Gasteiger partial charge in [-0.05, 0) is 62.8 Å². The third-order valence-corrected chi connectivity index (χ3v) is 6.25. The van der Waals surface area contributed by atoms with E-state index in [1.807, 2.05) is 4.90 Å². The average Bonchev–Trinajstić information content (AvgIpc) is 3.55. The molecule has 5 nitrogen and oxygen atoms in total. The van der Waals surface area contributed by atoms with Crippen LogP contribution in [0.3, 0.4) is 0 Å². The Labute approximate surface area is 165 Å². The summed E-state index contributed by atoms with van der Waals surface area (Å²) in [6.07, 6.45) is 5.65. The maximum Gasteiger partial charge on any atom is 0.253 e. The molecule has 6 heteroatoms. The van der Waals surface area contributed by atoms with Gasteiger partial charge in [0, 0.05) is 54.9 Å². The molecule has 0 atom stereocenters. The van der Waals surface area contributed by atoms with Crippen molar-refractivity contribution in [3.05, 3.63) is 34.9 Å². The molecule has 2 aliphatic heterocycles. The Morgan fingerprint density at radius 1 is 0.926 bits per heavy atom. The summed E-state index contributed by atoms with van der Waals surface area (Å²) >= 11 is 5.92. The lowest BCUT2D eigenvalue weighted by molar-refractivity contribution is -0.141. The monoisotopic (exact) mass is 390 g/mol. The van der Waals surface area contributed by atoms with E-state index in [0.717, 1.165) is 51.7 Å². The zero-order chi connectivity index (χ0) is 18.8. The lowest BCUT2D eigenvalue weighted by atomic mass is 9.96. The Bertz CT molecular complexity index is 675. The quantitative estimate of drug-likeness (QED) is 0.792. The highest BCUT2D eigenvalue weighted by atomic mass is 35.5. The van der Waals surface area contributed by atoms with Crippen LogP contribution < -0.4 is 0 Å². The first-order valence-corrected chi connectivity index (χ1v) is 10.5. The van der Waals surface area contributed by atoms with Crippen molar-refractivity contribution in [3.63, 3.8) is 0 Å². The van der Waals surface area contributed by atoms with E-state index in [9.17, 15) is 9.59 Å². The van der Waals surface area contributed by atoms with Crippen LogP contribution in [0.4, 0.5) is 0 Å². The molecule has 1 aromatic rings. The van der Waals surface area contributed by atoms with Crippen molar-refractivity contribution >= 4 is 23.4 Å². The van der Waals surface area contributed by atoms with Crippen LogP contribution >= 0.6 is 11.6 Å². The van der Waals surface area contributed by atoms with Gasteiger partial charge in [-0.2, -0.15) is 0 Å². The van der Waals surface area contributed by atoms with Crippen molar-refractivity contribution in [2.24, 2.45) is 5.92 Å². The third kappa shape index (κ3) is 4.30. The molecule has 0 radical (unpaired) electrons. The molecule has 146 valence electrons. The maximum absolute atomic E-state index is 13.0. The number of carbonyl (C=O) groups is 2. The van der Waals surface area contributed by atoms with E-state index in [0.29, 0.717) is 35.6 Å². The van der Waals surface area contributed by atoms with E-state index in [4.69, 9.17) is 16.3 Å². The number of nitrogens with zero attached hydrogens (tertiary/aromatic N) is 2. The molecule has 3 fully saturated rings. The predicted octanol–water partition coefficient (Wildman–Crippen LogP) is 3.36. The van der Waals surface area contributed by atoms with Gasteiger partial charge < -0.3 is 14.5 Å². The Morgan fingerprint density at radius 3 is 2.11 bits per heavy atom. The fraction of sp³-hybridized carbons (Fsp3) is 0.619. The highest BCUT2D eigenvalue weighted by Crippen LogP contribution is 2.35. The van der Waals surface area contributed by atoms with E-state index in [-0.39, 0.29) is 17.9 Å². The number of amides is 2. The van der Waals surface area contributed by atoms with Gasteiger partial charge in [-0.1, -0.05) is 11.6 Å². The Hall–Kier alpha value is -1.59. The fourth-order valence-electron chi connectivity index (χ4n) is 4.28. The normalized spacial score (nSPS) is 21.9. The molecule has 2 heterocycles. The van der Waals surface area contributed by atoms with Gasteiger partial charge >= 0.3 is 0 Å². The van der Waals surface area contributed by atoms with Crippen molar-refractivity contribution in [1.82, 2.24) is 9.80 Å². The molecule has 0 spiro atoms.